The highest BCUT2D eigenvalue weighted by molar-refractivity contribution is 5.60. The largest absolute Gasteiger partial charge is 0.508 e. The second-order valence-corrected chi connectivity index (χ2v) is 22.4. The number of nitrogens with zero attached hydrogens (tertiary/aromatic N) is 1. The van der Waals surface area contributed by atoms with Crippen LogP contribution >= 0.6 is 0 Å². The van der Waals surface area contributed by atoms with Crippen LogP contribution in [-0.2, 0) is 28.4 Å². The molecule has 0 aromatic carbocycles. The summed E-state index contributed by atoms with van der Waals surface area (Å²) in [6.07, 6.45) is 38.9. The van der Waals surface area contributed by atoms with Crippen LogP contribution in [0.1, 0.15) is 202 Å². The van der Waals surface area contributed by atoms with Gasteiger partial charge in [0.05, 0.1) is 45.7 Å². The molecule has 1 heterocycles. The highest BCUT2D eigenvalue weighted by Crippen LogP contribution is 2.67. The van der Waals surface area contributed by atoms with Crippen LogP contribution in [0.3, 0.4) is 0 Å². The van der Waals surface area contributed by atoms with E-state index in [0.717, 1.165) is 101 Å². The number of carbonyl (C=O) groups excluding carboxylic acids is 1. The standard InChI is InChI=1S/C57H101NO7/c1-7-8-9-10-11-12-13-14-15-16-17-18-19-20-21-22-36-62-45-50(44-58-34-37-60-38-35-58)63-41-39-61-40-42-64-55(59)65-49-30-32-56(5)48(43-49)26-27-51-53-29-28-52(47(4)25-23-24-46(2)3)57(53,6)33-31-54(51)56/h14-15,26,46-47,49-54H,7-13,16-25,27-45H2,1-6H3/b15-14-/t47?,49?,50?,51?,52?,53-,54-,56?,57?/m0/s1. The van der Waals surface area contributed by atoms with Crippen molar-refractivity contribution in [2.45, 2.75) is 214 Å². The molecule has 8 heteroatoms. The normalized spacial score (nSPS) is 29.0. The van der Waals surface area contributed by atoms with E-state index in [1.165, 1.54) is 135 Å². The molecule has 0 bridgehead atoms. The fourth-order valence-corrected chi connectivity index (χ4v) is 13.4. The van der Waals surface area contributed by atoms with Gasteiger partial charge in [-0.15, -0.1) is 0 Å². The van der Waals surface area contributed by atoms with Crippen LogP contribution in [0.2, 0.25) is 0 Å². The number of fused-ring (bicyclic) bond motifs is 5. The molecule has 3 saturated carbocycles. The average Bonchev–Trinajstić information content (AvgIpc) is 3.66. The molecule has 1 aliphatic heterocycles. The lowest BCUT2D eigenvalue weighted by Crippen LogP contribution is -2.51. The van der Waals surface area contributed by atoms with E-state index in [0.29, 0.717) is 31.8 Å². The Morgan fingerprint density at radius 3 is 2.22 bits per heavy atom. The van der Waals surface area contributed by atoms with Gasteiger partial charge in [-0.2, -0.15) is 0 Å². The first kappa shape index (κ1) is 54.5. The molecule has 8 nitrogen and oxygen atoms in total. The molecule has 0 spiro atoms. The van der Waals surface area contributed by atoms with Crippen molar-refractivity contribution in [2.24, 2.45) is 46.3 Å². The molecule has 7 unspecified atom stereocenters. The van der Waals surface area contributed by atoms with Gasteiger partial charge in [0, 0.05) is 32.7 Å². The number of hydrogen-bond acceptors (Lipinski definition) is 8. The van der Waals surface area contributed by atoms with Gasteiger partial charge in [0.15, 0.2) is 0 Å². The van der Waals surface area contributed by atoms with E-state index < -0.39 is 6.16 Å². The molecule has 5 aliphatic rings. The molecule has 65 heavy (non-hydrogen) atoms. The number of allylic oxidation sites excluding steroid dienone is 3. The molecule has 0 radical (unpaired) electrons. The Kier molecular flexibility index (Phi) is 25.3. The van der Waals surface area contributed by atoms with Crippen molar-refractivity contribution in [3.05, 3.63) is 23.8 Å². The van der Waals surface area contributed by atoms with Gasteiger partial charge in [0.1, 0.15) is 12.7 Å². The van der Waals surface area contributed by atoms with E-state index in [-0.39, 0.29) is 24.2 Å². The van der Waals surface area contributed by atoms with E-state index in [1.54, 1.807) is 5.57 Å². The van der Waals surface area contributed by atoms with Crippen LogP contribution in [0.5, 0.6) is 0 Å². The monoisotopic (exact) mass is 912 g/mol. The van der Waals surface area contributed by atoms with Gasteiger partial charge in [-0.1, -0.05) is 142 Å². The van der Waals surface area contributed by atoms with Crippen LogP contribution < -0.4 is 0 Å². The summed E-state index contributed by atoms with van der Waals surface area (Å²) in [6, 6.07) is 0. The number of unbranched alkanes of at least 4 members (excludes halogenated alkanes) is 12. The van der Waals surface area contributed by atoms with Crippen LogP contribution in [0, 0.1) is 46.3 Å². The highest BCUT2D eigenvalue weighted by Gasteiger charge is 2.59. The summed E-state index contributed by atoms with van der Waals surface area (Å²) in [6.45, 7) is 21.9. The first-order valence-corrected chi connectivity index (χ1v) is 27.9. The maximum atomic E-state index is 12.8. The van der Waals surface area contributed by atoms with E-state index in [4.69, 9.17) is 28.4 Å². The maximum absolute atomic E-state index is 12.8. The minimum atomic E-state index is -0.565. The molecule has 0 aromatic heterocycles. The molecule has 9 atom stereocenters. The molecule has 4 aliphatic carbocycles. The zero-order valence-corrected chi connectivity index (χ0v) is 43.1. The van der Waals surface area contributed by atoms with Crippen molar-refractivity contribution in [1.29, 1.82) is 0 Å². The van der Waals surface area contributed by atoms with Gasteiger partial charge in [-0.3, -0.25) is 4.90 Å². The second-order valence-electron chi connectivity index (χ2n) is 22.4. The molecular formula is C57H101NO7. The Morgan fingerprint density at radius 2 is 1.48 bits per heavy atom. The van der Waals surface area contributed by atoms with Gasteiger partial charge in [0.2, 0.25) is 0 Å². The summed E-state index contributed by atoms with van der Waals surface area (Å²) >= 11 is 0. The Balaban J connectivity index is 0.899. The van der Waals surface area contributed by atoms with Crippen molar-refractivity contribution >= 4 is 6.16 Å². The second kappa shape index (κ2) is 30.2. The lowest BCUT2D eigenvalue weighted by molar-refractivity contribution is -0.0679. The third kappa shape index (κ3) is 18.1. The zero-order valence-electron chi connectivity index (χ0n) is 43.1. The predicted molar refractivity (Wildman–Crippen MR) is 267 cm³/mol. The number of ether oxygens (including phenoxy) is 6. The van der Waals surface area contributed by atoms with Gasteiger partial charge < -0.3 is 28.4 Å². The molecular weight excluding hydrogens is 811 g/mol. The molecule has 0 amide bonds. The minimum absolute atomic E-state index is 0.00832. The fourth-order valence-electron chi connectivity index (χ4n) is 13.4. The predicted octanol–water partition coefficient (Wildman–Crippen LogP) is 14.3. The summed E-state index contributed by atoms with van der Waals surface area (Å²) in [4.78, 5) is 15.2. The summed E-state index contributed by atoms with van der Waals surface area (Å²) in [5.74, 6) is 4.97. The maximum Gasteiger partial charge on any atom is 0.508 e. The third-order valence-corrected chi connectivity index (χ3v) is 17.2. The summed E-state index contributed by atoms with van der Waals surface area (Å²) < 4.78 is 35.2. The Hall–Kier alpha value is -1.45. The van der Waals surface area contributed by atoms with E-state index >= 15 is 0 Å². The highest BCUT2D eigenvalue weighted by atomic mass is 16.7. The van der Waals surface area contributed by atoms with Crippen molar-refractivity contribution in [1.82, 2.24) is 4.90 Å². The smallest absolute Gasteiger partial charge is 0.432 e. The van der Waals surface area contributed by atoms with Crippen molar-refractivity contribution in [3.8, 4) is 0 Å². The lowest BCUT2D eigenvalue weighted by atomic mass is 9.47. The molecule has 0 aromatic rings. The number of rotatable bonds is 33. The SMILES string of the molecule is CCCCCCCC/C=C\CCCCCCCCOCC(CN1CCOCC1)OCCOCCOC(=O)OC1CCC2(C)C(=CCC3[C@@H]2CCC2(C)C(C(C)CCCC(C)C)CC[C@@H]32)C1. The van der Waals surface area contributed by atoms with Crippen molar-refractivity contribution in [3.63, 3.8) is 0 Å². The van der Waals surface area contributed by atoms with Crippen molar-refractivity contribution < 1.29 is 33.2 Å². The van der Waals surface area contributed by atoms with Gasteiger partial charge in [0.25, 0.3) is 0 Å². The van der Waals surface area contributed by atoms with Crippen LogP contribution in [0.25, 0.3) is 0 Å². The molecule has 0 N–H and O–H groups in total. The summed E-state index contributed by atoms with van der Waals surface area (Å²) in [7, 11) is 0. The van der Waals surface area contributed by atoms with Gasteiger partial charge in [-0.05, 0) is 123 Å². The number of morpholine rings is 1. The number of hydrogen-bond donors (Lipinski definition) is 0. The van der Waals surface area contributed by atoms with E-state index in [9.17, 15) is 4.79 Å². The van der Waals surface area contributed by atoms with Gasteiger partial charge >= 0.3 is 6.16 Å². The minimum Gasteiger partial charge on any atom is -0.432 e. The van der Waals surface area contributed by atoms with Crippen molar-refractivity contribution in [2.75, 3.05) is 72.5 Å². The Morgan fingerprint density at radius 1 is 0.769 bits per heavy atom. The Bertz CT molecular complexity index is 1350. The van der Waals surface area contributed by atoms with E-state index in [1.807, 2.05) is 0 Å². The lowest BCUT2D eigenvalue weighted by Gasteiger charge is -2.58. The van der Waals surface area contributed by atoms with Crippen LogP contribution in [-0.4, -0.2) is 95.8 Å². The quantitative estimate of drug-likeness (QED) is 0.0366. The molecule has 5 rings (SSSR count). The molecule has 1 saturated heterocycles. The topological polar surface area (TPSA) is 75.7 Å². The van der Waals surface area contributed by atoms with Gasteiger partial charge in [-0.25, -0.2) is 4.79 Å². The fraction of sp³-hybridized carbons (Fsp3) is 0.912. The first-order chi connectivity index (χ1) is 31.6. The molecule has 4 fully saturated rings. The third-order valence-electron chi connectivity index (χ3n) is 17.2. The van der Waals surface area contributed by atoms with Crippen LogP contribution in [0.4, 0.5) is 4.79 Å². The summed E-state index contributed by atoms with van der Waals surface area (Å²) in [5.41, 5.74) is 2.29. The summed E-state index contributed by atoms with van der Waals surface area (Å²) in [5, 5.41) is 0. The first-order valence-electron chi connectivity index (χ1n) is 27.9. The van der Waals surface area contributed by atoms with E-state index in [2.05, 4.69) is 64.7 Å². The molecule has 376 valence electrons. The average molecular weight is 912 g/mol. The number of carbonyl (C=O) groups is 1. The zero-order chi connectivity index (χ0) is 46.2. The van der Waals surface area contributed by atoms with Crippen LogP contribution in [0.15, 0.2) is 23.8 Å². The Labute approximate surface area is 399 Å².